The first kappa shape index (κ1) is 16.8. The Morgan fingerprint density at radius 3 is 2.72 bits per heavy atom. The number of pyridine rings is 1. The van der Waals surface area contributed by atoms with Gasteiger partial charge < -0.3 is 8.71 Å². The van der Waals surface area contributed by atoms with Crippen LogP contribution in [0.15, 0.2) is 47.1 Å². The van der Waals surface area contributed by atoms with Gasteiger partial charge in [0.05, 0.1) is 11.6 Å². The average molecular weight is 364 g/mol. The Balaban J connectivity index is 1.92. The van der Waals surface area contributed by atoms with Gasteiger partial charge in [-0.15, -0.1) is 0 Å². The first-order valence-electron chi connectivity index (χ1n) is 6.68. The molecule has 1 aromatic carbocycles. The van der Waals surface area contributed by atoms with Crippen molar-refractivity contribution >= 4 is 12.0 Å². The number of nitriles is 1. The van der Waals surface area contributed by atoms with E-state index in [9.17, 15) is 13.2 Å². The third-order valence-corrected chi connectivity index (χ3v) is 3.30. The molecule has 10 heteroatoms. The Kier molecular flexibility index (Phi) is 4.58. The molecule has 25 heavy (non-hydrogen) atoms. The third kappa shape index (κ3) is 4.27. The summed E-state index contributed by atoms with van der Waals surface area (Å²) in [6.45, 7) is 0. The van der Waals surface area contributed by atoms with Crippen LogP contribution < -0.4 is 4.18 Å². The number of aromatic nitrogens is 3. The molecule has 0 unspecified atom stereocenters. The van der Waals surface area contributed by atoms with Crippen molar-refractivity contribution in [3.05, 3.63) is 48.2 Å². The number of halogens is 3. The molecule has 0 N–H and O–H groups in total. The zero-order valence-corrected chi connectivity index (χ0v) is 13.0. The molecule has 0 amide bonds. The molecule has 0 saturated heterocycles. The lowest BCUT2D eigenvalue weighted by molar-refractivity contribution is -0.0369. The molecule has 126 valence electrons. The Morgan fingerprint density at radius 2 is 2.04 bits per heavy atom. The fourth-order valence-electron chi connectivity index (χ4n) is 1.87. The summed E-state index contributed by atoms with van der Waals surface area (Å²) in [5.74, 6) is 0.0821. The van der Waals surface area contributed by atoms with E-state index in [1.54, 1.807) is 24.4 Å². The van der Waals surface area contributed by atoms with Crippen molar-refractivity contribution in [1.82, 2.24) is 15.1 Å². The number of alkyl halides is 3. The van der Waals surface area contributed by atoms with Gasteiger partial charge in [-0.05, 0) is 30.3 Å². The fourth-order valence-corrected chi connectivity index (χ4v) is 2.16. The van der Waals surface area contributed by atoms with E-state index in [-0.39, 0.29) is 28.6 Å². The maximum atomic E-state index is 12.3. The maximum absolute atomic E-state index is 12.3. The van der Waals surface area contributed by atoms with Crippen LogP contribution >= 0.6 is 12.0 Å². The first-order chi connectivity index (χ1) is 11.9. The van der Waals surface area contributed by atoms with Crippen molar-refractivity contribution in [3.63, 3.8) is 0 Å². The highest BCUT2D eigenvalue weighted by atomic mass is 32.2. The normalized spacial score (nSPS) is 11.1. The zero-order chi connectivity index (χ0) is 17.9. The highest BCUT2D eigenvalue weighted by Gasteiger charge is 2.31. The molecule has 0 aliphatic heterocycles. The monoisotopic (exact) mass is 364 g/mol. The van der Waals surface area contributed by atoms with Gasteiger partial charge in [-0.25, -0.2) is 0 Å². The van der Waals surface area contributed by atoms with E-state index < -0.39 is 17.6 Å². The van der Waals surface area contributed by atoms with Crippen molar-refractivity contribution in [2.24, 2.45) is 0 Å². The summed E-state index contributed by atoms with van der Waals surface area (Å²) in [7, 11) is 0. The summed E-state index contributed by atoms with van der Waals surface area (Å²) in [4.78, 5) is 8.22. The van der Waals surface area contributed by atoms with E-state index in [1.807, 2.05) is 6.07 Å². The SMILES string of the molecule is N#Cc1cc(OSC(F)(F)F)cc(-c2nc(-c3ccccn3)no2)c1. The summed E-state index contributed by atoms with van der Waals surface area (Å²) < 4.78 is 46.5. The predicted octanol–water partition coefficient (Wildman–Crippen LogP) is 4.22. The second-order valence-electron chi connectivity index (χ2n) is 4.61. The molecule has 2 aromatic heterocycles. The number of nitrogens with zero attached hydrogens (tertiary/aromatic N) is 4. The Labute approximate surface area is 143 Å². The maximum Gasteiger partial charge on any atom is 0.479 e. The van der Waals surface area contributed by atoms with Gasteiger partial charge in [0.15, 0.2) is 12.0 Å². The van der Waals surface area contributed by atoms with E-state index in [0.717, 1.165) is 0 Å². The van der Waals surface area contributed by atoms with Gasteiger partial charge in [-0.2, -0.15) is 23.4 Å². The minimum atomic E-state index is -4.57. The Morgan fingerprint density at radius 1 is 1.20 bits per heavy atom. The molecule has 0 bridgehead atoms. The lowest BCUT2D eigenvalue weighted by Gasteiger charge is -2.07. The topological polar surface area (TPSA) is 84.8 Å². The van der Waals surface area contributed by atoms with Gasteiger partial charge >= 0.3 is 5.51 Å². The second kappa shape index (κ2) is 6.82. The van der Waals surface area contributed by atoms with Crippen LogP contribution in [0.4, 0.5) is 13.2 Å². The highest BCUT2D eigenvalue weighted by molar-refractivity contribution is 7.95. The summed E-state index contributed by atoms with van der Waals surface area (Å²) in [6, 6.07) is 10.8. The smallest absolute Gasteiger partial charge is 0.417 e. The molecular weight excluding hydrogens is 357 g/mol. The second-order valence-corrected chi connectivity index (χ2v) is 5.40. The van der Waals surface area contributed by atoms with E-state index in [1.165, 1.54) is 18.2 Å². The van der Waals surface area contributed by atoms with E-state index in [2.05, 4.69) is 19.3 Å². The minimum absolute atomic E-state index is 0.0274. The Bertz CT molecular complexity index is 923. The first-order valence-corrected chi connectivity index (χ1v) is 7.42. The van der Waals surface area contributed by atoms with Gasteiger partial charge in [0, 0.05) is 11.8 Å². The van der Waals surface area contributed by atoms with Crippen LogP contribution in [0, 0.1) is 11.3 Å². The van der Waals surface area contributed by atoms with Crippen LogP contribution in [0.1, 0.15) is 5.56 Å². The minimum Gasteiger partial charge on any atom is -0.417 e. The van der Waals surface area contributed by atoms with Crippen LogP contribution in [0.2, 0.25) is 0 Å². The van der Waals surface area contributed by atoms with Gasteiger partial charge in [0.25, 0.3) is 5.89 Å². The largest absolute Gasteiger partial charge is 0.479 e. The standard InChI is InChI=1S/C15H7F3N4O2S/c16-15(17,18)25-24-11-6-9(8-19)5-10(7-11)14-21-13(22-23-14)12-3-1-2-4-20-12/h1-7H. The highest BCUT2D eigenvalue weighted by Crippen LogP contribution is 2.34. The van der Waals surface area contributed by atoms with Crippen LogP contribution in [0.5, 0.6) is 5.75 Å². The fraction of sp³-hybridized carbons (Fsp3) is 0.0667. The zero-order valence-electron chi connectivity index (χ0n) is 12.2. The molecule has 0 fully saturated rings. The van der Waals surface area contributed by atoms with Gasteiger partial charge in [0.1, 0.15) is 11.4 Å². The van der Waals surface area contributed by atoms with Gasteiger partial charge in [-0.3, -0.25) is 4.98 Å². The van der Waals surface area contributed by atoms with Crippen molar-refractivity contribution < 1.29 is 21.9 Å². The molecule has 0 aliphatic carbocycles. The molecule has 0 saturated carbocycles. The molecule has 0 spiro atoms. The summed E-state index contributed by atoms with van der Waals surface area (Å²) >= 11 is -0.674. The van der Waals surface area contributed by atoms with Gasteiger partial charge in [0.2, 0.25) is 5.82 Å². The van der Waals surface area contributed by atoms with E-state index in [0.29, 0.717) is 5.69 Å². The molecule has 6 nitrogen and oxygen atoms in total. The van der Waals surface area contributed by atoms with Crippen LogP contribution in [0.25, 0.3) is 23.0 Å². The number of benzene rings is 1. The number of hydrogen-bond donors (Lipinski definition) is 0. The molecule has 0 radical (unpaired) electrons. The summed E-state index contributed by atoms with van der Waals surface area (Å²) in [5, 5.41) is 12.8. The van der Waals surface area contributed by atoms with E-state index >= 15 is 0 Å². The van der Waals surface area contributed by atoms with Crippen LogP contribution in [-0.2, 0) is 0 Å². The van der Waals surface area contributed by atoms with Crippen molar-refractivity contribution in [1.29, 1.82) is 5.26 Å². The molecular formula is C15H7F3N4O2S. The van der Waals surface area contributed by atoms with Crippen LogP contribution in [0.3, 0.4) is 0 Å². The molecule has 0 aliphatic rings. The Hall–Kier alpha value is -3.06. The van der Waals surface area contributed by atoms with Crippen molar-refractivity contribution in [2.45, 2.75) is 5.51 Å². The summed E-state index contributed by atoms with van der Waals surface area (Å²) in [5.41, 5.74) is -3.75. The third-order valence-electron chi connectivity index (χ3n) is 2.83. The average Bonchev–Trinajstić information content (AvgIpc) is 3.10. The lowest BCUT2D eigenvalue weighted by atomic mass is 10.1. The number of hydrogen-bond acceptors (Lipinski definition) is 7. The summed E-state index contributed by atoms with van der Waals surface area (Å²) in [6.07, 6.45) is 1.56. The predicted molar refractivity (Wildman–Crippen MR) is 82.0 cm³/mol. The molecule has 2 heterocycles. The molecule has 0 atom stereocenters. The van der Waals surface area contributed by atoms with Crippen LogP contribution in [-0.4, -0.2) is 20.6 Å². The molecule has 3 aromatic rings. The number of rotatable bonds is 4. The molecule has 3 rings (SSSR count). The quantitative estimate of drug-likeness (QED) is 0.641. The van der Waals surface area contributed by atoms with Crippen molar-refractivity contribution in [3.8, 4) is 34.8 Å². The van der Waals surface area contributed by atoms with Gasteiger partial charge in [-0.1, -0.05) is 11.2 Å². The van der Waals surface area contributed by atoms with Crippen molar-refractivity contribution in [2.75, 3.05) is 0 Å². The lowest BCUT2D eigenvalue weighted by Crippen LogP contribution is -2.02. The van der Waals surface area contributed by atoms with E-state index in [4.69, 9.17) is 9.78 Å².